The average Bonchev–Trinajstić information content (AvgIpc) is 2.63. The normalized spacial score (nSPS) is 17.5. The van der Waals surface area contributed by atoms with Crippen LogP contribution in [0.5, 0.6) is 0 Å². The minimum absolute atomic E-state index is 0.0414. The first-order chi connectivity index (χ1) is 12.1. The summed E-state index contributed by atoms with van der Waals surface area (Å²) in [7, 11) is 2.24. The third-order valence-electron chi connectivity index (χ3n) is 7.30. The highest BCUT2D eigenvalue weighted by molar-refractivity contribution is 5.76. The Kier molecular flexibility index (Phi) is 4.50. The zero-order chi connectivity index (χ0) is 19.4. The Morgan fingerprint density at radius 3 is 1.35 bits per heavy atom. The number of hydrogen-bond donors (Lipinski definition) is 0. The first-order valence-electron chi connectivity index (χ1n) is 10.1. The van der Waals surface area contributed by atoms with Crippen LogP contribution in [-0.4, -0.2) is 7.05 Å². The predicted molar refractivity (Wildman–Crippen MR) is 115 cm³/mol. The van der Waals surface area contributed by atoms with Crippen LogP contribution in [-0.2, 0) is 23.7 Å². The van der Waals surface area contributed by atoms with Gasteiger partial charge in [0, 0.05) is 29.3 Å². The molecule has 0 aromatic heterocycles. The van der Waals surface area contributed by atoms with E-state index < -0.39 is 0 Å². The molecule has 140 valence electrons. The predicted octanol–water partition coefficient (Wildman–Crippen LogP) is 6.76. The molecule has 0 bridgehead atoms. The molecule has 0 unspecified atom stereocenters. The molecule has 1 heterocycles. The van der Waals surface area contributed by atoms with E-state index in [0.717, 1.165) is 12.8 Å². The molecule has 1 aliphatic heterocycles. The second kappa shape index (κ2) is 6.15. The highest BCUT2D eigenvalue weighted by atomic mass is 15.1. The molecule has 1 nitrogen and oxygen atoms in total. The maximum Gasteiger partial charge on any atom is 0.0449 e. The van der Waals surface area contributed by atoms with E-state index in [4.69, 9.17) is 0 Å². The summed E-state index contributed by atoms with van der Waals surface area (Å²) in [5.41, 5.74) is 11.5. The molecule has 0 fully saturated rings. The highest BCUT2D eigenvalue weighted by Crippen LogP contribution is 2.54. The van der Waals surface area contributed by atoms with Gasteiger partial charge in [0.05, 0.1) is 0 Å². The van der Waals surface area contributed by atoms with Gasteiger partial charge in [0.25, 0.3) is 0 Å². The number of benzene rings is 2. The molecule has 1 heteroatoms. The van der Waals surface area contributed by atoms with Crippen molar-refractivity contribution < 1.29 is 0 Å². The topological polar surface area (TPSA) is 3.24 Å². The van der Waals surface area contributed by atoms with Gasteiger partial charge in [0.1, 0.15) is 0 Å². The van der Waals surface area contributed by atoms with Crippen molar-refractivity contribution in [1.82, 2.24) is 0 Å². The van der Waals surface area contributed by atoms with E-state index in [1.165, 1.54) is 44.8 Å². The molecule has 0 saturated heterocycles. The quantitative estimate of drug-likeness (QED) is 0.578. The van der Waals surface area contributed by atoms with E-state index in [9.17, 15) is 0 Å². The number of aryl methyl sites for hydroxylation is 4. The summed E-state index contributed by atoms with van der Waals surface area (Å²) in [6, 6.07) is 9.76. The fourth-order valence-electron chi connectivity index (χ4n) is 4.60. The van der Waals surface area contributed by atoms with E-state index in [0.29, 0.717) is 0 Å². The van der Waals surface area contributed by atoms with Crippen LogP contribution < -0.4 is 4.90 Å². The second-order valence-electron chi connectivity index (χ2n) is 9.11. The summed E-state index contributed by atoms with van der Waals surface area (Å²) in [6.45, 7) is 18.7. The van der Waals surface area contributed by atoms with Gasteiger partial charge in [-0.25, -0.2) is 0 Å². The second-order valence-corrected chi connectivity index (χ2v) is 9.11. The minimum Gasteiger partial charge on any atom is -0.344 e. The van der Waals surface area contributed by atoms with Crippen LogP contribution in [0.2, 0.25) is 0 Å². The largest absolute Gasteiger partial charge is 0.344 e. The van der Waals surface area contributed by atoms with Crippen LogP contribution in [0.4, 0.5) is 11.4 Å². The van der Waals surface area contributed by atoms with Crippen molar-refractivity contribution in [2.45, 2.75) is 79.1 Å². The summed E-state index contributed by atoms with van der Waals surface area (Å²) in [5, 5.41) is 0. The number of fused-ring (bicyclic) bond motifs is 2. The molecule has 2 aromatic rings. The Morgan fingerprint density at radius 1 is 0.692 bits per heavy atom. The van der Waals surface area contributed by atoms with Crippen LogP contribution in [0.15, 0.2) is 24.3 Å². The average molecular weight is 350 g/mol. The Bertz CT molecular complexity index is 783. The van der Waals surface area contributed by atoms with Crippen LogP contribution in [0.1, 0.15) is 74.9 Å². The monoisotopic (exact) mass is 349 g/mol. The van der Waals surface area contributed by atoms with Gasteiger partial charge in [-0.2, -0.15) is 0 Å². The van der Waals surface area contributed by atoms with E-state index in [1.54, 1.807) is 0 Å². The van der Waals surface area contributed by atoms with Crippen molar-refractivity contribution in [3.05, 3.63) is 57.6 Å². The molecule has 0 spiro atoms. The lowest BCUT2D eigenvalue weighted by atomic mass is 9.60. The van der Waals surface area contributed by atoms with Gasteiger partial charge in [-0.3, -0.25) is 0 Å². The number of anilines is 2. The maximum absolute atomic E-state index is 2.47. The lowest BCUT2D eigenvalue weighted by molar-refractivity contribution is 0.306. The van der Waals surface area contributed by atoms with Gasteiger partial charge < -0.3 is 4.90 Å². The smallest absolute Gasteiger partial charge is 0.0449 e. The van der Waals surface area contributed by atoms with Gasteiger partial charge in [-0.1, -0.05) is 53.7 Å². The Labute approximate surface area is 160 Å². The summed E-state index contributed by atoms with van der Waals surface area (Å²) < 4.78 is 0. The molecule has 0 saturated carbocycles. The molecule has 26 heavy (non-hydrogen) atoms. The summed E-state index contributed by atoms with van der Waals surface area (Å²) in [5.74, 6) is 0. The first kappa shape index (κ1) is 19.0. The molecule has 0 atom stereocenters. The first-order valence-corrected chi connectivity index (χ1v) is 10.1. The zero-order valence-electron chi connectivity index (χ0n) is 18.2. The fourth-order valence-corrected chi connectivity index (χ4v) is 4.60. The molecule has 1 aliphatic rings. The molecule has 2 aromatic carbocycles. The van der Waals surface area contributed by atoms with Gasteiger partial charge >= 0.3 is 0 Å². The van der Waals surface area contributed by atoms with Crippen LogP contribution >= 0.6 is 0 Å². The summed E-state index contributed by atoms with van der Waals surface area (Å²) in [6.07, 6.45) is 2.18. The molecular weight excluding hydrogens is 314 g/mol. The van der Waals surface area contributed by atoms with Crippen LogP contribution in [0.3, 0.4) is 0 Å². The van der Waals surface area contributed by atoms with Gasteiger partial charge in [0.2, 0.25) is 0 Å². The Morgan fingerprint density at radius 2 is 1.04 bits per heavy atom. The number of hydrogen-bond acceptors (Lipinski definition) is 1. The Hall–Kier alpha value is -1.76. The molecule has 0 amide bonds. The highest BCUT2D eigenvalue weighted by Gasteiger charge is 2.45. The van der Waals surface area contributed by atoms with E-state index in [2.05, 4.69) is 91.6 Å². The van der Waals surface area contributed by atoms with Crippen molar-refractivity contribution >= 4 is 11.4 Å². The van der Waals surface area contributed by atoms with Gasteiger partial charge in [-0.15, -0.1) is 0 Å². The van der Waals surface area contributed by atoms with Crippen LogP contribution in [0, 0.1) is 13.8 Å². The maximum atomic E-state index is 2.47. The number of rotatable bonds is 2. The summed E-state index contributed by atoms with van der Waals surface area (Å²) in [4.78, 5) is 2.43. The molecule has 0 radical (unpaired) electrons. The summed E-state index contributed by atoms with van der Waals surface area (Å²) >= 11 is 0. The molecule has 3 rings (SSSR count). The van der Waals surface area contributed by atoms with Gasteiger partial charge in [-0.05, 0) is 72.2 Å². The lowest BCUT2D eigenvalue weighted by Crippen LogP contribution is -2.40. The van der Waals surface area contributed by atoms with Crippen molar-refractivity contribution in [2.24, 2.45) is 0 Å². The fraction of sp³-hybridized carbons (Fsp3) is 0.520. The third kappa shape index (κ3) is 2.51. The van der Waals surface area contributed by atoms with Crippen molar-refractivity contribution in [3.8, 4) is 0 Å². The number of nitrogens with zero attached hydrogens (tertiary/aromatic N) is 1. The Balaban J connectivity index is 2.41. The minimum atomic E-state index is 0.0414. The van der Waals surface area contributed by atoms with E-state index >= 15 is 0 Å². The van der Waals surface area contributed by atoms with Gasteiger partial charge in [0.15, 0.2) is 0 Å². The molecular formula is C25H35N. The van der Waals surface area contributed by atoms with Crippen molar-refractivity contribution in [2.75, 3.05) is 11.9 Å². The van der Waals surface area contributed by atoms with Crippen molar-refractivity contribution in [3.63, 3.8) is 0 Å². The standard InChI is InChI=1S/C25H35N/c1-10-18-14-20-22(12-16(18)3)26(9)23-13-17(4)19(11-2)15-21(23)25(7,8)24(20,5)6/h12-15H,10-11H2,1-9H3. The van der Waals surface area contributed by atoms with E-state index in [1.807, 2.05) is 0 Å². The molecule has 0 N–H and O–H groups in total. The SMILES string of the molecule is CCc1cc2c(cc1C)N(C)c1cc(C)c(CC)cc1C(C)(C)C2(C)C. The lowest BCUT2D eigenvalue weighted by Gasteiger charge is -2.42. The zero-order valence-corrected chi connectivity index (χ0v) is 18.2. The molecule has 0 aliphatic carbocycles. The van der Waals surface area contributed by atoms with Crippen LogP contribution in [0.25, 0.3) is 0 Å². The third-order valence-corrected chi connectivity index (χ3v) is 7.30. The van der Waals surface area contributed by atoms with Crippen molar-refractivity contribution in [1.29, 1.82) is 0 Å². The van der Waals surface area contributed by atoms with E-state index in [-0.39, 0.29) is 10.8 Å².